The molecule has 1 aliphatic rings. The van der Waals surface area contributed by atoms with Crippen molar-refractivity contribution in [1.29, 1.82) is 0 Å². The van der Waals surface area contributed by atoms with Crippen molar-refractivity contribution in [2.75, 3.05) is 18.0 Å². The molecule has 0 N–H and O–H groups in total. The molecule has 3 aromatic rings. The Morgan fingerprint density at radius 1 is 0.880 bits per heavy atom. The Morgan fingerprint density at radius 2 is 1.68 bits per heavy atom. The van der Waals surface area contributed by atoms with Gasteiger partial charge in [0.25, 0.3) is 0 Å². The molecule has 1 saturated heterocycles. The Labute approximate surface area is 152 Å². The minimum absolute atomic E-state index is 0.784. The Morgan fingerprint density at radius 3 is 2.44 bits per heavy atom. The van der Waals surface area contributed by atoms with E-state index in [0.717, 1.165) is 41.3 Å². The predicted molar refractivity (Wildman–Crippen MR) is 101 cm³/mol. The summed E-state index contributed by atoms with van der Waals surface area (Å²) in [6.45, 7) is 2.10. The molecule has 0 saturated carbocycles. The summed E-state index contributed by atoms with van der Waals surface area (Å²) < 4.78 is 2.18. The maximum Gasteiger partial charge on any atom is 0.232 e. The summed E-state index contributed by atoms with van der Waals surface area (Å²) in [5.41, 5.74) is 2.16. The third kappa shape index (κ3) is 3.69. The van der Waals surface area contributed by atoms with Gasteiger partial charge in [0.2, 0.25) is 5.95 Å². The Balaban J connectivity index is 1.65. The van der Waals surface area contributed by atoms with Crippen molar-refractivity contribution in [3.05, 3.63) is 60.4 Å². The summed E-state index contributed by atoms with van der Waals surface area (Å²) in [4.78, 5) is 6.76. The van der Waals surface area contributed by atoms with Gasteiger partial charge in [-0.05, 0) is 43.5 Å². The van der Waals surface area contributed by atoms with Gasteiger partial charge < -0.3 is 4.90 Å². The molecule has 0 amide bonds. The van der Waals surface area contributed by atoms with Crippen LogP contribution in [0, 0.1) is 0 Å². The number of nitrogens with zero attached hydrogens (tertiary/aromatic N) is 5. The van der Waals surface area contributed by atoms with Crippen LogP contribution in [-0.2, 0) is 5.75 Å². The zero-order chi connectivity index (χ0) is 16.9. The summed E-state index contributed by atoms with van der Waals surface area (Å²) in [5, 5.41) is 9.93. The number of rotatable bonds is 5. The highest BCUT2D eigenvalue weighted by Gasteiger charge is 2.21. The summed E-state index contributed by atoms with van der Waals surface area (Å²) in [7, 11) is 0. The molecule has 0 atom stereocenters. The van der Waals surface area contributed by atoms with Crippen LogP contribution < -0.4 is 4.90 Å². The number of hydrogen-bond donors (Lipinski definition) is 0. The van der Waals surface area contributed by atoms with E-state index in [0.29, 0.717) is 0 Å². The maximum atomic E-state index is 4.53. The fourth-order valence-electron chi connectivity index (χ4n) is 3.08. The number of benzene rings is 1. The molecule has 1 aliphatic heterocycles. The second kappa shape index (κ2) is 7.70. The summed E-state index contributed by atoms with van der Waals surface area (Å²) >= 11 is 1.68. The third-order valence-corrected chi connectivity index (χ3v) is 5.31. The molecule has 0 unspecified atom stereocenters. The highest BCUT2D eigenvalue weighted by atomic mass is 32.2. The van der Waals surface area contributed by atoms with E-state index in [9.17, 15) is 0 Å². The zero-order valence-electron chi connectivity index (χ0n) is 14.1. The van der Waals surface area contributed by atoms with Gasteiger partial charge in [-0.15, -0.1) is 10.2 Å². The van der Waals surface area contributed by atoms with Crippen LogP contribution in [0.2, 0.25) is 0 Å². The quantitative estimate of drug-likeness (QED) is 0.652. The molecule has 0 radical (unpaired) electrons. The van der Waals surface area contributed by atoms with Crippen LogP contribution in [0.5, 0.6) is 0 Å². The van der Waals surface area contributed by atoms with Crippen LogP contribution in [-0.4, -0.2) is 32.8 Å². The van der Waals surface area contributed by atoms with Crippen molar-refractivity contribution in [2.45, 2.75) is 30.2 Å². The first-order chi connectivity index (χ1) is 12.4. The van der Waals surface area contributed by atoms with Gasteiger partial charge in [-0.2, -0.15) is 0 Å². The van der Waals surface area contributed by atoms with Gasteiger partial charge in [0.05, 0.1) is 11.4 Å². The van der Waals surface area contributed by atoms with E-state index in [1.165, 1.54) is 19.3 Å². The monoisotopic (exact) mass is 351 g/mol. The molecule has 4 rings (SSSR count). The third-order valence-electron chi connectivity index (χ3n) is 4.34. The van der Waals surface area contributed by atoms with Crippen molar-refractivity contribution in [3.8, 4) is 5.69 Å². The van der Waals surface area contributed by atoms with Gasteiger partial charge in [0.1, 0.15) is 0 Å². The minimum atomic E-state index is 0.784. The lowest BCUT2D eigenvalue weighted by Gasteiger charge is -2.27. The van der Waals surface area contributed by atoms with E-state index in [1.54, 1.807) is 11.8 Å². The van der Waals surface area contributed by atoms with Crippen molar-refractivity contribution >= 4 is 17.7 Å². The smallest absolute Gasteiger partial charge is 0.232 e. The lowest BCUT2D eigenvalue weighted by atomic mass is 10.1. The molecule has 0 aliphatic carbocycles. The second-order valence-corrected chi connectivity index (χ2v) is 7.05. The van der Waals surface area contributed by atoms with Crippen molar-refractivity contribution in [1.82, 2.24) is 19.7 Å². The van der Waals surface area contributed by atoms with E-state index in [1.807, 2.05) is 30.5 Å². The van der Waals surface area contributed by atoms with Crippen molar-refractivity contribution in [3.63, 3.8) is 0 Å². The predicted octanol–water partition coefficient (Wildman–Crippen LogP) is 3.94. The Hall–Kier alpha value is -2.34. The maximum absolute atomic E-state index is 4.53. The van der Waals surface area contributed by atoms with Crippen LogP contribution in [0.3, 0.4) is 0 Å². The standard InChI is InChI=1S/C19H21N5S/c1-3-10-17(11-4-1)24-18(23-13-7-2-8-14-23)21-22-19(24)25-15-16-9-5-6-12-20-16/h1,3-6,9-12H,2,7-8,13-15H2. The number of anilines is 1. The lowest BCUT2D eigenvalue weighted by Crippen LogP contribution is -2.31. The highest BCUT2D eigenvalue weighted by Crippen LogP contribution is 2.29. The molecule has 2 aromatic heterocycles. The Bertz CT molecular complexity index is 797. The number of thioether (sulfide) groups is 1. The molecule has 1 fully saturated rings. The van der Waals surface area contributed by atoms with Crippen LogP contribution in [0.1, 0.15) is 25.0 Å². The molecule has 0 bridgehead atoms. The van der Waals surface area contributed by atoms with E-state index in [4.69, 9.17) is 0 Å². The van der Waals surface area contributed by atoms with E-state index >= 15 is 0 Å². The summed E-state index contributed by atoms with van der Waals surface area (Å²) in [6.07, 6.45) is 5.57. The van der Waals surface area contributed by atoms with Crippen molar-refractivity contribution < 1.29 is 0 Å². The van der Waals surface area contributed by atoms with Gasteiger partial charge in [-0.3, -0.25) is 9.55 Å². The number of aromatic nitrogens is 4. The highest BCUT2D eigenvalue weighted by molar-refractivity contribution is 7.98. The molecule has 3 heterocycles. The molecule has 1 aromatic carbocycles. The van der Waals surface area contributed by atoms with Crippen LogP contribution in [0.15, 0.2) is 59.9 Å². The fraction of sp³-hybridized carbons (Fsp3) is 0.316. The second-order valence-electron chi connectivity index (χ2n) is 6.11. The Kier molecular flexibility index (Phi) is 4.97. The molecule has 128 valence electrons. The normalized spacial score (nSPS) is 14.6. The van der Waals surface area contributed by atoms with Gasteiger partial charge in [0.15, 0.2) is 5.16 Å². The van der Waals surface area contributed by atoms with Crippen molar-refractivity contribution in [2.24, 2.45) is 0 Å². The van der Waals surface area contributed by atoms with Gasteiger partial charge in [-0.25, -0.2) is 0 Å². The average Bonchev–Trinajstić information content (AvgIpc) is 3.12. The van der Waals surface area contributed by atoms with Crippen LogP contribution >= 0.6 is 11.8 Å². The van der Waals surface area contributed by atoms with E-state index in [-0.39, 0.29) is 0 Å². The zero-order valence-corrected chi connectivity index (χ0v) is 14.9. The lowest BCUT2D eigenvalue weighted by molar-refractivity contribution is 0.564. The molecular weight excluding hydrogens is 330 g/mol. The number of pyridine rings is 1. The first kappa shape index (κ1) is 16.1. The molecule has 25 heavy (non-hydrogen) atoms. The van der Waals surface area contributed by atoms with Gasteiger partial charge in [0, 0.05) is 25.0 Å². The first-order valence-electron chi connectivity index (χ1n) is 8.70. The summed E-state index contributed by atoms with van der Waals surface area (Å²) in [6, 6.07) is 16.4. The van der Waals surface area contributed by atoms with Crippen LogP contribution in [0.25, 0.3) is 5.69 Å². The first-order valence-corrected chi connectivity index (χ1v) is 9.69. The average molecular weight is 351 g/mol. The topological polar surface area (TPSA) is 46.8 Å². The molecule has 5 nitrogen and oxygen atoms in total. The molecular formula is C19H21N5S. The number of para-hydroxylation sites is 1. The molecule has 6 heteroatoms. The van der Waals surface area contributed by atoms with Gasteiger partial charge in [-0.1, -0.05) is 36.0 Å². The van der Waals surface area contributed by atoms with Gasteiger partial charge >= 0.3 is 0 Å². The number of hydrogen-bond acceptors (Lipinski definition) is 5. The SMILES string of the molecule is c1ccc(-n2c(SCc3ccccn3)nnc2N2CCCCC2)cc1. The summed E-state index contributed by atoms with van der Waals surface area (Å²) in [5.74, 6) is 1.74. The van der Waals surface area contributed by atoms with E-state index < -0.39 is 0 Å². The largest absolute Gasteiger partial charge is 0.341 e. The fourth-order valence-corrected chi connectivity index (χ4v) is 3.94. The van der Waals surface area contributed by atoms with Crippen LogP contribution in [0.4, 0.5) is 5.95 Å². The minimum Gasteiger partial charge on any atom is -0.341 e. The number of piperidine rings is 1. The molecule has 0 spiro atoms. The van der Waals surface area contributed by atoms with E-state index in [2.05, 4.69) is 48.9 Å².